The Bertz CT molecular complexity index is 561. The van der Waals surface area contributed by atoms with Crippen LogP contribution in [-0.4, -0.2) is 6.10 Å². The molecule has 0 aromatic heterocycles. The van der Waals surface area contributed by atoms with Crippen molar-refractivity contribution in [2.24, 2.45) is 5.73 Å². The van der Waals surface area contributed by atoms with E-state index in [4.69, 9.17) is 10.5 Å². The van der Waals surface area contributed by atoms with Crippen LogP contribution in [0.3, 0.4) is 0 Å². The zero-order chi connectivity index (χ0) is 13.8. The highest BCUT2D eigenvalue weighted by molar-refractivity contribution is 5.73. The summed E-state index contributed by atoms with van der Waals surface area (Å²) in [7, 11) is 0. The minimum atomic E-state index is 0.166. The number of hydrogen-bond acceptors (Lipinski definition) is 2. The van der Waals surface area contributed by atoms with Gasteiger partial charge in [0.1, 0.15) is 5.75 Å². The maximum absolute atomic E-state index is 5.90. The predicted molar refractivity (Wildman–Crippen MR) is 80.3 cm³/mol. The van der Waals surface area contributed by atoms with Gasteiger partial charge < -0.3 is 10.5 Å². The molecule has 0 aliphatic carbocycles. The second-order valence-corrected chi connectivity index (χ2v) is 5.02. The van der Waals surface area contributed by atoms with Crippen molar-refractivity contribution < 1.29 is 4.74 Å². The molecule has 0 saturated carbocycles. The van der Waals surface area contributed by atoms with Crippen molar-refractivity contribution in [1.82, 2.24) is 0 Å². The van der Waals surface area contributed by atoms with Gasteiger partial charge in [0.25, 0.3) is 0 Å². The number of ether oxygens (including phenoxy) is 1. The fraction of sp³-hybridized carbons (Fsp3) is 0.294. The topological polar surface area (TPSA) is 35.2 Å². The van der Waals surface area contributed by atoms with Gasteiger partial charge in [-0.3, -0.25) is 0 Å². The number of para-hydroxylation sites is 1. The third kappa shape index (κ3) is 3.15. The maximum atomic E-state index is 5.90. The highest BCUT2D eigenvalue weighted by atomic mass is 16.5. The summed E-state index contributed by atoms with van der Waals surface area (Å²) in [6.45, 7) is 6.75. The average molecular weight is 255 g/mol. The second-order valence-electron chi connectivity index (χ2n) is 5.02. The molecule has 2 rings (SSSR count). The number of aryl methyl sites for hydroxylation is 1. The lowest BCUT2D eigenvalue weighted by atomic mass is 9.97. The molecule has 0 radical (unpaired) electrons. The van der Waals surface area contributed by atoms with Crippen LogP contribution in [0.25, 0.3) is 11.1 Å². The number of nitrogens with two attached hydrogens (primary N) is 1. The summed E-state index contributed by atoms with van der Waals surface area (Å²) in [6, 6.07) is 14.5. The van der Waals surface area contributed by atoms with E-state index < -0.39 is 0 Å². The summed E-state index contributed by atoms with van der Waals surface area (Å²) in [6.07, 6.45) is 0.166. The Hall–Kier alpha value is -1.80. The minimum absolute atomic E-state index is 0.166. The SMILES string of the molecule is Cc1ccc(CN)cc1-c1ccccc1OC(C)C. The van der Waals surface area contributed by atoms with Crippen molar-refractivity contribution in [2.45, 2.75) is 33.4 Å². The first-order valence-electron chi connectivity index (χ1n) is 6.67. The molecule has 0 unspecified atom stereocenters. The molecule has 19 heavy (non-hydrogen) atoms. The Morgan fingerprint density at radius 3 is 2.47 bits per heavy atom. The minimum Gasteiger partial charge on any atom is -0.490 e. The van der Waals surface area contributed by atoms with Gasteiger partial charge in [-0.2, -0.15) is 0 Å². The van der Waals surface area contributed by atoms with Crippen LogP contribution < -0.4 is 10.5 Å². The van der Waals surface area contributed by atoms with Gasteiger partial charge in [0.05, 0.1) is 6.10 Å². The first-order chi connectivity index (χ1) is 9.11. The molecule has 2 aromatic carbocycles. The van der Waals surface area contributed by atoms with E-state index in [1.54, 1.807) is 0 Å². The van der Waals surface area contributed by atoms with Crippen molar-refractivity contribution in [3.05, 3.63) is 53.6 Å². The summed E-state index contributed by atoms with van der Waals surface area (Å²) in [4.78, 5) is 0. The smallest absolute Gasteiger partial charge is 0.127 e. The predicted octanol–water partition coefficient (Wildman–Crippen LogP) is 3.91. The van der Waals surface area contributed by atoms with E-state index in [0.29, 0.717) is 6.54 Å². The van der Waals surface area contributed by atoms with Gasteiger partial charge in [0, 0.05) is 12.1 Å². The molecule has 100 valence electrons. The molecule has 0 atom stereocenters. The molecule has 0 aliphatic rings. The van der Waals surface area contributed by atoms with Gasteiger partial charge in [-0.25, -0.2) is 0 Å². The van der Waals surface area contributed by atoms with Crippen LogP contribution in [0.4, 0.5) is 0 Å². The molecule has 0 fully saturated rings. The molecule has 2 N–H and O–H groups in total. The summed E-state index contributed by atoms with van der Waals surface area (Å²) in [5.41, 5.74) is 10.4. The Morgan fingerprint density at radius 1 is 1.05 bits per heavy atom. The van der Waals surface area contributed by atoms with Gasteiger partial charge in [-0.1, -0.05) is 30.3 Å². The zero-order valence-corrected chi connectivity index (χ0v) is 11.8. The lowest BCUT2D eigenvalue weighted by Crippen LogP contribution is -2.06. The monoisotopic (exact) mass is 255 g/mol. The molecule has 0 amide bonds. The van der Waals surface area contributed by atoms with Crippen molar-refractivity contribution in [1.29, 1.82) is 0 Å². The molecule has 2 heteroatoms. The van der Waals surface area contributed by atoms with Gasteiger partial charge >= 0.3 is 0 Å². The van der Waals surface area contributed by atoms with Gasteiger partial charge in [0.15, 0.2) is 0 Å². The zero-order valence-electron chi connectivity index (χ0n) is 11.8. The molecule has 2 aromatic rings. The average Bonchev–Trinajstić information content (AvgIpc) is 2.40. The summed E-state index contributed by atoms with van der Waals surface area (Å²) in [5.74, 6) is 0.926. The quantitative estimate of drug-likeness (QED) is 0.899. The maximum Gasteiger partial charge on any atom is 0.127 e. The Balaban J connectivity index is 2.52. The van der Waals surface area contributed by atoms with Crippen LogP contribution in [0.1, 0.15) is 25.0 Å². The van der Waals surface area contributed by atoms with Crippen LogP contribution in [0, 0.1) is 6.92 Å². The fourth-order valence-corrected chi connectivity index (χ4v) is 2.13. The highest BCUT2D eigenvalue weighted by Gasteiger charge is 2.10. The lowest BCUT2D eigenvalue weighted by Gasteiger charge is -2.16. The van der Waals surface area contributed by atoms with Crippen LogP contribution in [0.15, 0.2) is 42.5 Å². The normalized spacial score (nSPS) is 10.8. The van der Waals surface area contributed by atoms with Crippen LogP contribution in [-0.2, 0) is 6.54 Å². The second kappa shape index (κ2) is 5.89. The molecule has 0 heterocycles. The first-order valence-corrected chi connectivity index (χ1v) is 6.67. The molecule has 0 spiro atoms. The van der Waals surface area contributed by atoms with E-state index >= 15 is 0 Å². The number of hydrogen-bond donors (Lipinski definition) is 1. The summed E-state index contributed by atoms with van der Waals surface area (Å²) >= 11 is 0. The van der Waals surface area contributed by atoms with E-state index in [0.717, 1.165) is 16.9 Å². The molecular weight excluding hydrogens is 234 g/mol. The van der Waals surface area contributed by atoms with E-state index in [-0.39, 0.29) is 6.10 Å². The van der Waals surface area contributed by atoms with Gasteiger partial charge in [0.2, 0.25) is 0 Å². The third-order valence-electron chi connectivity index (χ3n) is 3.08. The number of rotatable bonds is 4. The molecule has 2 nitrogen and oxygen atoms in total. The fourth-order valence-electron chi connectivity index (χ4n) is 2.13. The van der Waals surface area contributed by atoms with E-state index in [1.807, 2.05) is 32.0 Å². The summed E-state index contributed by atoms with van der Waals surface area (Å²) < 4.78 is 5.90. The van der Waals surface area contributed by atoms with Gasteiger partial charge in [-0.05, 0) is 49.6 Å². The molecular formula is C17H21NO. The molecule has 0 aliphatic heterocycles. The van der Waals surface area contributed by atoms with E-state index in [2.05, 4.69) is 31.2 Å². The van der Waals surface area contributed by atoms with Crippen LogP contribution >= 0.6 is 0 Å². The Morgan fingerprint density at radius 2 is 1.79 bits per heavy atom. The Kier molecular flexibility index (Phi) is 4.23. The summed E-state index contributed by atoms with van der Waals surface area (Å²) in [5, 5.41) is 0. The number of benzene rings is 2. The lowest BCUT2D eigenvalue weighted by molar-refractivity contribution is 0.243. The highest BCUT2D eigenvalue weighted by Crippen LogP contribution is 2.33. The van der Waals surface area contributed by atoms with Crippen molar-refractivity contribution in [3.8, 4) is 16.9 Å². The van der Waals surface area contributed by atoms with E-state index in [9.17, 15) is 0 Å². The van der Waals surface area contributed by atoms with Crippen molar-refractivity contribution in [3.63, 3.8) is 0 Å². The molecule has 0 saturated heterocycles. The third-order valence-corrected chi connectivity index (χ3v) is 3.08. The standard InChI is InChI=1S/C17H21NO/c1-12(2)19-17-7-5-4-6-15(17)16-10-14(11-18)9-8-13(16)3/h4-10,12H,11,18H2,1-3H3. The largest absolute Gasteiger partial charge is 0.490 e. The first kappa shape index (κ1) is 13.6. The van der Waals surface area contributed by atoms with Crippen molar-refractivity contribution in [2.75, 3.05) is 0 Å². The van der Waals surface area contributed by atoms with Gasteiger partial charge in [-0.15, -0.1) is 0 Å². The van der Waals surface area contributed by atoms with Crippen LogP contribution in [0.5, 0.6) is 5.75 Å². The molecule has 0 bridgehead atoms. The Labute approximate surface area is 115 Å². The van der Waals surface area contributed by atoms with E-state index in [1.165, 1.54) is 11.1 Å². The van der Waals surface area contributed by atoms with Crippen LogP contribution in [0.2, 0.25) is 0 Å². The van der Waals surface area contributed by atoms with Crippen molar-refractivity contribution >= 4 is 0 Å².